The molecule has 0 N–H and O–H groups in total. The third kappa shape index (κ3) is 7.21. The first kappa shape index (κ1) is 23.0. The lowest BCUT2D eigenvalue weighted by Gasteiger charge is -2.19. The molecule has 0 unspecified atom stereocenters. The molecule has 0 saturated carbocycles. The Balaban J connectivity index is 1.51. The average molecular weight is 433 g/mol. The highest BCUT2D eigenvalue weighted by Gasteiger charge is 2.31. The lowest BCUT2D eigenvalue weighted by molar-refractivity contribution is -0.145. The maximum absolute atomic E-state index is 12.4. The second-order valence-electron chi connectivity index (χ2n) is 7.83. The van der Waals surface area contributed by atoms with Crippen LogP contribution in [-0.2, 0) is 22.4 Å². The normalized spacial score (nSPS) is 18.9. The van der Waals surface area contributed by atoms with Gasteiger partial charge in [-0.25, -0.2) is 0 Å². The van der Waals surface area contributed by atoms with Crippen molar-refractivity contribution in [2.24, 2.45) is 0 Å². The fraction of sp³-hybridized carbons (Fsp3) is 0.458. The topological polar surface area (TPSA) is 48.0 Å². The van der Waals surface area contributed by atoms with Gasteiger partial charge < -0.3 is 14.2 Å². The average Bonchev–Trinajstić information content (AvgIpc) is 3.05. The van der Waals surface area contributed by atoms with Gasteiger partial charge in [-0.1, -0.05) is 30.3 Å². The molecule has 168 valence electrons. The Morgan fingerprint density at radius 3 is 2.74 bits per heavy atom. The lowest BCUT2D eigenvalue weighted by Crippen LogP contribution is -2.27. The van der Waals surface area contributed by atoms with E-state index in [4.69, 9.17) is 9.47 Å². The molecule has 1 aliphatic heterocycles. The van der Waals surface area contributed by atoms with E-state index in [1.165, 1.54) is 13.0 Å². The number of carbonyl (C=O) groups excluding carboxylic acids is 1. The van der Waals surface area contributed by atoms with E-state index in [-0.39, 0.29) is 17.8 Å². The van der Waals surface area contributed by atoms with Crippen LogP contribution in [0.15, 0.2) is 48.5 Å². The maximum Gasteiger partial charge on any atom is 0.387 e. The largest absolute Gasteiger partial charge is 0.493 e. The van der Waals surface area contributed by atoms with Gasteiger partial charge in [0.15, 0.2) is 0 Å². The van der Waals surface area contributed by atoms with Crippen molar-refractivity contribution in [3.8, 4) is 11.5 Å². The highest BCUT2D eigenvalue weighted by Crippen LogP contribution is 2.24. The fourth-order valence-electron chi connectivity index (χ4n) is 4.00. The standard InChI is InChI=1S/C24H29F2NO4/c1-17(28)30-22-15-20(27(2)16-22)12-13-29-23-9-4-3-7-19(23)11-10-18-6-5-8-21(14-18)31-24(25)26/h3-9,14,20,22,24H,10-13,15-16H2,1-2H3/t20-,22-/m1/s1. The molecule has 1 heterocycles. The van der Waals surface area contributed by atoms with Crippen LogP contribution in [0.3, 0.4) is 0 Å². The summed E-state index contributed by atoms with van der Waals surface area (Å²) in [6, 6.07) is 15.0. The molecular weight excluding hydrogens is 404 g/mol. The predicted molar refractivity (Wildman–Crippen MR) is 114 cm³/mol. The molecule has 0 aliphatic carbocycles. The summed E-state index contributed by atoms with van der Waals surface area (Å²) in [5.41, 5.74) is 2.00. The van der Waals surface area contributed by atoms with Gasteiger partial charge in [0.05, 0.1) is 6.61 Å². The van der Waals surface area contributed by atoms with E-state index in [1.807, 2.05) is 37.4 Å². The van der Waals surface area contributed by atoms with Gasteiger partial charge in [0.25, 0.3) is 0 Å². The molecule has 31 heavy (non-hydrogen) atoms. The van der Waals surface area contributed by atoms with E-state index < -0.39 is 6.61 Å². The Morgan fingerprint density at radius 1 is 1.16 bits per heavy atom. The zero-order chi connectivity index (χ0) is 22.2. The van der Waals surface area contributed by atoms with Gasteiger partial charge in [0.1, 0.15) is 17.6 Å². The Hall–Kier alpha value is -2.67. The molecule has 2 aromatic rings. The first-order valence-corrected chi connectivity index (χ1v) is 10.5. The summed E-state index contributed by atoms with van der Waals surface area (Å²) in [4.78, 5) is 13.4. The Bertz CT molecular complexity index is 861. The zero-order valence-electron chi connectivity index (χ0n) is 17.9. The third-order valence-corrected chi connectivity index (χ3v) is 5.47. The SMILES string of the molecule is CC(=O)O[C@@H]1C[C@@H](CCOc2ccccc2CCc2cccc(OC(F)F)c2)N(C)C1. The van der Waals surface area contributed by atoms with Gasteiger partial charge in [-0.15, -0.1) is 0 Å². The van der Waals surface area contributed by atoms with E-state index in [0.29, 0.717) is 19.1 Å². The molecule has 0 bridgehead atoms. The monoisotopic (exact) mass is 433 g/mol. The number of rotatable bonds is 10. The molecule has 7 heteroatoms. The van der Waals surface area contributed by atoms with E-state index in [0.717, 1.165) is 42.7 Å². The highest BCUT2D eigenvalue weighted by molar-refractivity contribution is 5.66. The molecule has 1 aliphatic rings. The van der Waals surface area contributed by atoms with Crippen molar-refractivity contribution in [1.82, 2.24) is 4.90 Å². The Kier molecular flexibility index (Phi) is 8.23. The number of carbonyl (C=O) groups is 1. The molecule has 0 spiro atoms. The highest BCUT2D eigenvalue weighted by atomic mass is 19.3. The van der Waals surface area contributed by atoms with Gasteiger partial charge in [-0.2, -0.15) is 8.78 Å². The van der Waals surface area contributed by atoms with E-state index in [9.17, 15) is 13.6 Å². The molecule has 1 fully saturated rings. The van der Waals surface area contributed by atoms with Crippen molar-refractivity contribution in [1.29, 1.82) is 0 Å². The summed E-state index contributed by atoms with van der Waals surface area (Å²) in [7, 11) is 2.04. The minimum Gasteiger partial charge on any atom is -0.493 e. The minimum absolute atomic E-state index is 0.0513. The summed E-state index contributed by atoms with van der Waals surface area (Å²) in [5.74, 6) is 0.764. The lowest BCUT2D eigenvalue weighted by atomic mass is 10.0. The predicted octanol–water partition coefficient (Wildman–Crippen LogP) is 4.48. The number of para-hydroxylation sites is 1. The van der Waals surface area contributed by atoms with Crippen molar-refractivity contribution in [2.45, 2.75) is 51.4 Å². The number of hydrogen-bond acceptors (Lipinski definition) is 5. The number of ether oxygens (including phenoxy) is 3. The van der Waals surface area contributed by atoms with E-state index in [1.54, 1.807) is 12.1 Å². The first-order chi connectivity index (χ1) is 14.9. The summed E-state index contributed by atoms with van der Waals surface area (Å²) in [6.45, 7) is -0.0752. The van der Waals surface area contributed by atoms with Crippen LogP contribution in [0.5, 0.6) is 11.5 Å². The van der Waals surface area contributed by atoms with E-state index >= 15 is 0 Å². The third-order valence-electron chi connectivity index (χ3n) is 5.47. The quantitative estimate of drug-likeness (QED) is 0.517. The van der Waals surface area contributed by atoms with Crippen LogP contribution in [-0.4, -0.2) is 49.8 Å². The number of likely N-dealkylation sites (tertiary alicyclic amines) is 1. The number of aryl methyl sites for hydroxylation is 2. The van der Waals surface area contributed by atoms with Crippen LogP contribution >= 0.6 is 0 Å². The number of likely N-dealkylation sites (N-methyl/N-ethyl adjacent to an activating group) is 1. The molecule has 0 radical (unpaired) electrons. The number of halogens is 2. The van der Waals surface area contributed by atoms with Crippen LogP contribution in [0, 0.1) is 0 Å². The zero-order valence-corrected chi connectivity index (χ0v) is 17.9. The van der Waals surface area contributed by atoms with Crippen molar-refractivity contribution in [3.05, 3.63) is 59.7 Å². The van der Waals surface area contributed by atoms with Crippen molar-refractivity contribution in [3.63, 3.8) is 0 Å². The van der Waals surface area contributed by atoms with Crippen LogP contribution in [0.4, 0.5) is 8.78 Å². The van der Waals surface area contributed by atoms with Gasteiger partial charge in [0.2, 0.25) is 0 Å². The summed E-state index contributed by atoms with van der Waals surface area (Å²) in [6.07, 6.45) is 3.03. The van der Waals surface area contributed by atoms with Crippen molar-refractivity contribution in [2.75, 3.05) is 20.2 Å². The number of nitrogens with zero attached hydrogens (tertiary/aromatic N) is 1. The molecule has 5 nitrogen and oxygen atoms in total. The fourth-order valence-corrected chi connectivity index (χ4v) is 4.00. The molecule has 3 rings (SSSR count). The smallest absolute Gasteiger partial charge is 0.387 e. The molecule has 0 amide bonds. The maximum atomic E-state index is 12.4. The number of alkyl halides is 2. The molecule has 0 aromatic heterocycles. The number of hydrogen-bond donors (Lipinski definition) is 0. The van der Waals surface area contributed by atoms with Crippen LogP contribution in [0.2, 0.25) is 0 Å². The molecule has 2 atom stereocenters. The Morgan fingerprint density at radius 2 is 1.97 bits per heavy atom. The van der Waals surface area contributed by atoms with Gasteiger partial charge in [-0.3, -0.25) is 9.69 Å². The second kappa shape index (κ2) is 11.1. The second-order valence-corrected chi connectivity index (χ2v) is 7.83. The first-order valence-electron chi connectivity index (χ1n) is 10.5. The molecule has 2 aromatic carbocycles. The van der Waals surface area contributed by atoms with Crippen LogP contribution in [0.1, 0.15) is 30.9 Å². The summed E-state index contributed by atoms with van der Waals surface area (Å²) in [5, 5.41) is 0. The Labute approximate surface area is 181 Å². The molecule has 1 saturated heterocycles. The minimum atomic E-state index is -2.83. The molecular formula is C24H29F2NO4. The van der Waals surface area contributed by atoms with Crippen molar-refractivity contribution >= 4 is 5.97 Å². The van der Waals surface area contributed by atoms with Crippen molar-refractivity contribution < 1.29 is 27.8 Å². The van der Waals surface area contributed by atoms with Gasteiger partial charge >= 0.3 is 12.6 Å². The van der Waals surface area contributed by atoms with Gasteiger partial charge in [-0.05, 0) is 55.6 Å². The van der Waals surface area contributed by atoms with Crippen LogP contribution < -0.4 is 9.47 Å². The van der Waals surface area contributed by atoms with Gasteiger partial charge in [0, 0.05) is 25.9 Å². The summed E-state index contributed by atoms with van der Waals surface area (Å²) >= 11 is 0. The number of benzene rings is 2. The summed E-state index contributed by atoms with van der Waals surface area (Å²) < 4.78 is 40.7. The van der Waals surface area contributed by atoms with Crippen LogP contribution in [0.25, 0.3) is 0 Å². The van der Waals surface area contributed by atoms with E-state index in [2.05, 4.69) is 9.64 Å². The number of esters is 1.